The van der Waals surface area contributed by atoms with Gasteiger partial charge in [-0.05, 0) is 49.6 Å². The molecule has 0 saturated carbocycles. The van der Waals surface area contributed by atoms with E-state index in [0.717, 1.165) is 5.82 Å². The lowest BCUT2D eigenvalue weighted by Crippen LogP contribution is -2.38. The topological polar surface area (TPSA) is 88.8 Å². The Kier molecular flexibility index (Phi) is 4.96. The number of amides is 1. The molecule has 1 aliphatic heterocycles. The van der Waals surface area contributed by atoms with E-state index < -0.39 is 0 Å². The first-order valence-electron chi connectivity index (χ1n) is 9.11. The van der Waals surface area contributed by atoms with E-state index in [0.29, 0.717) is 43.0 Å². The molecule has 0 unspecified atom stereocenters. The Morgan fingerprint density at radius 3 is 2.54 bits per heavy atom. The van der Waals surface area contributed by atoms with Gasteiger partial charge in [0, 0.05) is 24.7 Å². The second kappa shape index (κ2) is 7.71. The molecule has 1 amide bonds. The average Bonchev–Trinajstić information content (AvgIpc) is 3.26. The van der Waals surface area contributed by atoms with Crippen LogP contribution < -0.4 is 10.2 Å². The van der Waals surface area contributed by atoms with E-state index in [4.69, 9.17) is 0 Å². The lowest BCUT2D eigenvalue weighted by molar-refractivity contribution is -0.120. The number of hydrogen-bond donors (Lipinski definition) is 1. The van der Waals surface area contributed by atoms with E-state index in [9.17, 15) is 9.18 Å². The number of carbonyl (C=O) groups excluding carboxylic acids is 1. The predicted molar refractivity (Wildman–Crippen MR) is 102 cm³/mol. The number of benzene rings is 1. The van der Waals surface area contributed by atoms with Gasteiger partial charge in [0.05, 0.1) is 0 Å². The Labute approximate surface area is 161 Å². The maximum atomic E-state index is 13.6. The normalized spacial score (nSPS) is 14.9. The fraction of sp³-hybridized carbons (Fsp3) is 0.316. The van der Waals surface area contributed by atoms with Crippen molar-refractivity contribution in [3.05, 3.63) is 54.4 Å². The van der Waals surface area contributed by atoms with Gasteiger partial charge in [0.25, 0.3) is 0 Å². The summed E-state index contributed by atoms with van der Waals surface area (Å²) in [5.41, 5.74) is 1.05. The summed E-state index contributed by atoms with van der Waals surface area (Å²) in [7, 11) is 0. The number of nitrogens with one attached hydrogen (secondary N) is 1. The third-order valence-electron chi connectivity index (χ3n) is 4.92. The molecule has 1 N–H and O–H groups in total. The van der Waals surface area contributed by atoms with Crippen molar-refractivity contribution in [2.24, 2.45) is 5.92 Å². The Morgan fingerprint density at radius 1 is 1.14 bits per heavy atom. The van der Waals surface area contributed by atoms with Crippen molar-refractivity contribution in [2.45, 2.75) is 19.8 Å². The molecule has 0 atom stereocenters. The van der Waals surface area contributed by atoms with Crippen LogP contribution in [0.4, 0.5) is 15.9 Å². The number of anilines is 2. The van der Waals surface area contributed by atoms with Gasteiger partial charge in [-0.15, -0.1) is 10.2 Å². The van der Waals surface area contributed by atoms with E-state index in [2.05, 4.69) is 30.5 Å². The van der Waals surface area contributed by atoms with E-state index in [1.165, 1.54) is 12.4 Å². The molecule has 1 fully saturated rings. The number of carbonyl (C=O) groups is 1. The quantitative estimate of drug-likeness (QED) is 0.746. The fourth-order valence-corrected chi connectivity index (χ4v) is 3.22. The van der Waals surface area contributed by atoms with Crippen molar-refractivity contribution < 1.29 is 9.18 Å². The van der Waals surface area contributed by atoms with Crippen LogP contribution in [-0.2, 0) is 4.79 Å². The van der Waals surface area contributed by atoms with E-state index in [-0.39, 0.29) is 17.6 Å². The highest BCUT2D eigenvalue weighted by molar-refractivity contribution is 5.92. The minimum atomic E-state index is -0.319. The zero-order chi connectivity index (χ0) is 19.5. The zero-order valence-corrected chi connectivity index (χ0v) is 15.4. The summed E-state index contributed by atoms with van der Waals surface area (Å²) in [6.45, 7) is 3.10. The number of halogens is 1. The molecule has 0 aliphatic carbocycles. The second-order valence-electron chi connectivity index (χ2n) is 6.80. The molecule has 9 heteroatoms. The highest BCUT2D eigenvalue weighted by Crippen LogP contribution is 2.23. The molecule has 8 nitrogen and oxygen atoms in total. The average molecular weight is 381 g/mol. The molecule has 1 saturated heterocycles. The summed E-state index contributed by atoms with van der Waals surface area (Å²) in [4.78, 5) is 18.5. The first-order valence-corrected chi connectivity index (χ1v) is 9.11. The monoisotopic (exact) mass is 381 g/mol. The summed E-state index contributed by atoms with van der Waals surface area (Å²) >= 11 is 0. The Balaban J connectivity index is 1.33. The van der Waals surface area contributed by atoms with Gasteiger partial charge in [-0.25, -0.2) is 14.1 Å². The number of piperidine rings is 1. The van der Waals surface area contributed by atoms with Crippen molar-refractivity contribution in [1.82, 2.24) is 25.0 Å². The molecule has 1 aliphatic rings. The molecular formula is C19H20FN7O. The summed E-state index contributed by atoms with van der Waals surface area (Å²) in [6.07, 6.45) is 4.41. The fourth-order valence-electron chi connectivity index (χ4n) is 3.22. The van der Waals surface area contributed by atoms with Crippen LogP contribution in [0.3, 0.4) is 0 Å². The first kappa shape index (κ1) is 18.0. The van der Waals surface area contributed by atoms with Crippen molar-refractivity contribution >= 4 is 17.4 Å². The van der Waals surface area contributed by atoms with Crippen LogP contribution in [0.25, 0.3) is 5.82 Å². The smallest absolute Gasteiger partial charge is 0.227 e. The molecule has 2 aromatic heterocycles. The molecule has 0 radical (unpaired) electrons. The van der Waals surface area contributed by atoms with Crippen molar-refractivity contribution in [3.8, 4) is 5.82 Å². The number of rotatable bonds is 4. The molecule has 28 heavy (non-hydrogen) atoms. The molecular weight excluding hydrogens is 361 g/mol. The Hall–Kier alpha value is -3.36. The second-order valence-corrected chi connectivity index (χ2v) is 6.80. The maximum absolute atomic E-state index is 13.6. The predicted octanol–water partition coefficient (Wildman–Crippen LogP) is 2.36. The van der Waals surface area contributed by atoms with E-state index in [1.807, 2.05) is 12.1 Å². The van der Waals surface area contributed by atoms with Crippen LogP contribution in [-0.4, -0.2) is 44.0 Å². The third-order valence-corrected chi connectivity index (χ3v) is 4.92. The number of aromatic nitrogens is 5. The maximum Gasteiger partial charge on any atom is 0.227 e. The van der Waals surface area contributed by atoms with Gasteiger partial charge in [-0.1, -0.05) is 6.07 Å². The highest BCUT2D eigenvalue weighted by atomic mass is 19.1. The molecule has 144 valence electrons. The number of aryl methyl sites for hydroxylation is 1. The summed E-state index contributed by atoms with van der Waals surface area (Å²) in [5.74, 6) is 0.864. The van der Waals surface area contributed by atoms with Gasteiger partial charge < -0.3 is 10.2 Å². The molecule has 1 aromatic carbocycles. The van der Waals surface area contributed by atoms with Crippen LogP contribution >= 0.6 is 0 Å². The molecule has 3 aromatic rings. The standard InChI is InChI=1S/C19H20FN7O/c1-13-2-3-15(10-16(13)20)23-19(28)14-6-8-26(9-7-14)17-4-5-18(25-24-17)27-12-21-11-22-27/h2-5,10-12,14H,6-9H2,1H3,(H,23,28). The summed E-state index contributed by atoms with van der Waals surface area (Å²) in [6, 6.07) is 8.46. The van der Waals surface area contributed by atoms with E-state index in [1.54, 1.807) is 30.1 Å². The van der Waals surface area contributed by atoms with Gasteiger partial charge in [0.1, 0.15) is 18.5 Å². The molecule has 0 spiro atoms. The van der Waals surface area contributed by atoms with Gasteiger partial charge in [-0.3, -0.25) is 4.79 Å². The van der Waals surface area contributed by atoms with Crippen LogP contribution in [0.5, 0.6) is 0 Å². The lowest BCUT2D eigenvalue weighted by atomic mass is 9.95. The van der Waals surface area contributed by atoms with Crippen LogP contribution in [0.1, 0.15) is 18.4 Å². The molecule has 3 heterocycles. The van der Waals surface area contributed by atoms with Gasteiger partial charge in [0.15, 0.2) is 11.6 Å². The number of nitrogens with zero attached hydrogens (tertiary/aromatic N) is 6. The van der Waals surface area contributed by atoms with E-state index >= 15 is 0 Å². The van der Waals surface area contributed by atoms with Crippen LogP contribution in [0, 0.1) is 18.7 Å². The minimum Gasteiger partial charge on any atom is -0.355 e. The summed E-state index contributed by atoms with van der Waals surface area (Å²) < 4.78 is 15.2. The van der Waals surface area contributed by atoms with Crippen LogP contribution in [0.2, 0.25) is 0 Å². The van der Waals surface area contributed by atoms with Crippen molar-refractivity contribution in [1.29, 1.82) is 0 Å². The van der Waals surface area contributed by atoms with Gasteiger partial charge in [-0.2, -0.15) is 5.10 Å². The largest absolute Gasteiger partial charge is 0.355 e. The molecule has 4 rings (SSSR count). The SMILES string of the molecule is Cc1ccc(NC(=O)C2CCN(c3ccc(-n4cncn4)nn3)CC2)cc1F. The molecule has 0 bridgehead atoms. The van der Waals surface area contributed by atoms with Crippen LogP contribution in [0.15, 0.2) is 43.0 Å². The van der Waals surface area contributed by atoms with Gasteiger partial charge in [0.2, 0.25) is 5.91 Å². The third kappa shape index (κ3) is 3.83. The first-order chi connectivity index (χ1) is 13.6. The number of hydrogen-bond acceptors (Lipinski definition) is 6. The zero-order valence-electron chi connectivity index (χ0n) is 15.4. The van der Waals surface area contributed by atoms with Crippen molar-refractivity contribution in [3.63, 3.8) is 0 Å². The van der Waals surface area contributed by atoms with Crippen molar-refractivity contribution in [2.75, 3.05) is 23.3 Å². The Morgan fingerprint density at radius 2 is 1.89 bits per heavy atom. The van der Waals surface area contributed by atoms with Gasteiger partial charge >= 0.3 is 0 Å². The minimum absolute atomic E-state index is 0.0736. The highest BCUT2D eigenvalue weighted by Gasteiger charge is 2.26. The summed E-state index contributed by atoms with van der Waals surface area (Å²) in [5, 5.41) is 15.3. The Bertz CT molecular complexity index is 951. The lowest BCUT2D eigenvalue weighted by Gasteiger charge is -2.31.